The third kappa shape index (κ3) is 75.0. The number of allylic oxidation sites excluding steroid dienone is 4. The van der Waals surface area contributed by atoms with Gasteiger partial charge in [-0.15, -0.1) is 0 Å². The molecule has 2 unspecified atom stereocenters. The number of esters is 2. The Labute approximate surface area is 567 Å². The normalized spacial score (nSPS) is 12.7. The van der Waals surface area contributed by atoms with E-state index in [4.69, 9.17) is 18.9 Å². The summed E-state index contributed by atoms with van der Waals surface area (Å²) >= 11 is 0. The van der Waals surface area contributed by atoms with Crippen LogP contribution in [0.1, 0.15) is 425 Å². The summed E-state index contributed by atoms with van der Waals surface area (Å²) in [5, 5.41) is 11.9. The van der Waals surface area contributed by atoms with Crippen LogP contribution in [-0.4, -0.2) is 82.3 Å². The van der Waals surface area contributed by atoms with Gasteiger partial charge in [0, 0.05) is 12.8 Å². The Kier molecular flexibility index (Phi) is 71.8. The SMILES string of the molecule is CCCCCCC/C=C\C/C=C\CCCCCCCCCCCCCCCCCCCCCC(=O)OC(COC(=O)CCCCCCCCCCCCCCCCCCCCCCCCCCCCCCCCCCCCC)COC(OCC[N+](C)(C)C)C(=O)[O-]. The monoisotopic (exact) mass is 1280 g/mol. The van der Waals surface area contributed by atoms with Gasteiger partial charge >= 0.3 is 11.9 Å². The van der Waals surface area contributed by atoms with Crippen LogP contribution in [0.25, 0.3) is 0 Å². The molecule has 2 atom stereocenters. The first-order valence-electron chi connectivity index (χ1n) is 40.5. The van der Waals surface area contributed by atoms with Gasteiger partial charge in [0.2, 0.25) is 0 Å². The minimum Gasteiger partial charge on any atom is -0.545 e. The van der Waals surface area contributed by atoms with Crippen LogP contribution >= 0.6 is 0 Å². The van der Waals surface area contributed by atoms with Crippen molar-refractivity contribution >= 4 is 17.9 Å². The van der Waals surface area contributed by atoms with Crippen molar-refractivity contribution < 1.29 is 42.9 Å². The lowest BCUT2D eigenvalue weighted by Crippen LogP contribution is -2.44. The minimum absolute atomic E-state index is 0.152. The van der Waals surface area contributed by atoms with Gasteiger partial charge in [0.25, 0.3) is 0 Å². The van der Waals surface area contributed by atoms with Gasteiger partial charge < -0.3 is 33.3 Å². The Morgan fingerprint density at radius 1 is 0.330 bits per heavy atom. The molecule has 0 aliphatic heterocycles. The van der Waals surface area contributed by atoms with Crippen LogP contribution in [0, 0.1) is 0 Å². The largest absolute Gasteiger partial charge is 0.545 e. The van der Waals surface area contributed by atoms with Crippen molar-refractivity contribution in [1.82, 2.24) is 0 Å². The molecule has 0 radical (unpaired) electrons. The zero-order valence-corrected chi connectivity index (χ0v) is 61.8. The number of hydrogen-bond donors (Lipinski definition) is 0. The number of quaternary nitrogens is 1. The molecule has 91 heavy (non-hydrogen) atoms. The molecule has 0 N–H and O–H groups in total. The van der Waals surface area contributed by atoms with Crippen molar-refractivity contribution in [3.05, 3.63) is 24.3 Å². The first-order valence-corrected chi connectivity index (χ1v) is 40.5. The van der Waals surface area contributed by atoms with E-state index in [0.29, 0.717) is 17.4 Å². The van der Waals surface area contributed by atoms with Gasteiger partial charge in [-0.2, -0.15) is 0 Å². The van der Waals surface area contributed by atoms with Crippen LogP contribution in [0.5, 0.6) is 0 Å². The van der Waals surface area contributed by atoms with Crippen LogP contribution in [0.15, 0.2) is 24.3 Å². The van der Waals surface area contributed by atoms with Crippen LogP contribution in [-0.2, 0) is 33.3 Å². The predicted molar refractivity (Wildman–Crippen MR) is 390 cm³/mol. The lowest BCUT2D eigenvalue weighted by Gasteiger charge is -2.26. The summed E-state index contributed by atoms with van der Waals surface area (Å²) in [6.45, 7) is 4.83. The molecule has 9 nitrogen and oxygen atoms in total. The van der Waals surface area contributed by atoms with E-state index in [9.17, 15) is 19.5 Å². The Hall–Kier alpha value is -2.23. The molecule has 0 bridgehead atoms. The quantitative estimate of drug-likeness (QED) is 0.0195. The summed E-state index contributed by atoms with van der Waals surface area (Å²) < 4.78 is 22.9. The molecule has 0 aromatic rings. The van der Waals surface area contributed by atoms with E-state index >= 15 is 0 Å². The number of aliphatic carboxylic acids is 1. The number of ether oxygens (including phenoxy) is 4. The number of carboxylic acids is 1. The Balaban J connectivity index is 3.95. The van der Waals surface area contributed by atoms with Crippen molar-refractivity contribution in [2.45, 2.75) is 437 Å². The van der Waals surface area contributed by atoms with Gasteiger partial charge in [-0.3, -0.25) is 9.59 Å². The van der Waals surface area contributed by atoms with Gasteiger partial charge in [0.05, 0.1) is 40.3 Å². The molecule has 0 aromatic carbocycles. The second-order valence-electron chi connectivity index (χ2n) is 29.1. The van der Waals surface area contributed by atoms with Gasteiger partial charge in [0.1, 0.15) is 13.2 Å². The molecule has 0 fully saturated rings. The number of carbonyl (C=O) groups is 3. The predicted octanol–water partition coefficient (Wildman–Crippen LogP) is 24.4. The zero-order chi connectivity index (χ0) is 66.1. The molecule has 0 amide bonds. The fourth-order valence-electron chi connectivity index (χ4n) is 12.5. The summed E-state index contributed by atoms with van der Waals surface area (Å²) in [6.07, 6.45) is 90.3. The first-order chi connectivity index (χ1) is 44.6. The molecule has 0 heterocycles. The molecule has 0 aliphatic carbocycles. The molecule has 0 saturated heterocycles. The second-order valence-corrected chi connectivity index (χ2v) is 29.1. The van der Waals surface area contributed by atoms with Gasteiger partial charge in [-0.1, -0.05) is 391 Å². The van der Waals surface area contributed by atoms with Crippen molar-refractivity contribution in [3.63, 3.8) is 0 Å². The van der Waals surface area contributed by atoms with Crippen molar-refractivity contribution in [2.75, 3.05) is 47.5 Å². The molecule has 0 rings (SSSR count). The Morgan fingerprint density at radius 3 is 0.868 bits per heavy atom. The molecule has 0 aliphatic rings. The molecule has 9 heteroatoms. The third-order valence-corrected chi connectivity index (χ3v) is 18.7. The molecule has 538 valence electrons. The van der Waals surface area contributed by atoms with Crippen LogP contribution in [0.2, 0.25) is 0 Å². The van der Waals surface area contributed by atoms with E-state index in [-0.39, 0.29) is 32.2 Å². The van der Waals surface area contributed by atoms with Crippen LogP contribution in [0.3, 0.4) is 0 Å². The summed E-state index contributed by atoms with van der Waals surface area (Å²) in [5.41, 5.74) is 0. The lowest BCUT2D eigenvalue weighted by molar-refractivity contribution is -0.870. The zero-order valence-electron chi connectivity index (χ0n) is 61.8. The Morgan fingerprint density at radius 2 is 0.593 bits per heavy atom. The van der Waals surface area contributed by atoms with Gasteiger partial charge in [-0.25, -0.2) is 0 Å². The maximum absolute atomic E-state index is 13.0. The number of likely N-dealkylation sites (N-methyl/N-ethyl adjacent to an activating group) is 1. The third-order valence-electron chi connectivity index (χ3n) is 18.7. The molecule has 0 spiro atoms. The average molecular weight is 1290 g/mol. The standard InChI is InChI=1S/C82H157NO8/c1-6-8-10-12-14-16-18-20-22-24-26-28-30-32-34-36-38-39-40-41-43-44-46-48-50-52-54-56-58-60-62-64-66-68-70-72-79(84)89-76-78(77-90-82(81(86)87)88-75-74-83(3,4)5)91-80(85)73-71-69-67-65-63-61-59-57-55-53-51-49-47-45-42-37-35-33-31-29-27-25-23-21-19-17-15-13-11-9-7-2/h19,21,25,27,78,82H,6-18,20,22-24,26,28-77H2,1-5H3/b21-19-,27-25-. The highest BCUT2D eigenvalue weighted by Crippen LogP contribution is 2.20. The fraction of sp³-hybridized carbons (Fsp3) is 0.915. The number of hydrogen-bond acceptors (Lipinski definition) is 8. The maximum atomic E-state index is 13.0. The highest BCUT2D eigenvalue weighted by molar-refractivity contribution is 5.70. The van der Waals surface area contributed by atoms with Crippen LogP contribution < -0.4 is 5.11 Å². The fourth-order valence-corrected chi connectivity index (χ4v) is 12.5. The first kappa shape index (κ1) is 88.8. The maximum Gasteiger partial charge on any atom is 0.306 e. The lowest BCUT2D eigenvalue weighted by atomic mass is 10.0. The van der Waals surface area contributed by atoms with E-state index in [2.05, 4.69) is 38.2 Å². The van der Waals surface area contributed by atoms with E-state index in [1.165, 1.54) is 353 Å². The second kappa shape index (κ2) is 73.6. The molecule has 0 saturated carbocycles. The van der Waals surface area contributed by atoms with Crippen molar-refractivity contribution in [1.29, 1.82) is 0 Å². The summed E-state index contributed by atoms with van der Waals surface area (Å²) in [6, 6.07) is 0. The average Bonchev–Trinajstić information content (AvgIpc) is 3.65. The van der Waals surface area contributed by atoms with Gasteiger partial charge in [0.15, 0.2) is 12.4 Å². The van der Waals surface area contributed by atoms with Crippen molar-refractivity contribution in [3.8, 4) is 0 Å². The number of nitrogens with zero attached hydrogens (tertiary/aromatic N) is 1. The highest BCUT2D eigenvalue weighted by Gasteiger charge is 2.22. The topological polar surface area (TPSA) is 111 Å². The molecular formula is C82H157NO8. The number of carbonyl (C=O) groups excluding carboxylic acids is 3. The smallest absolute Gasteiger partial charge is 0.306 e. The van der Waals surface area contributed by atoms with E-state index in [1.54, 1.807) is 0 Å². The summed E-state index contributed by atoms with van der Waals surface area (Å²) in [7, 11) is 5.95. The minimum atomic E-state index is -1.62. The highest BCUT2D eigenvalue weighted by atomic mass is 16.7. The number of unbranched alkanes of at least 4 members (excludes halogenated alkanes) is 58. The van der Waals surface area contributed by atoms with E-state index in [0.717, 1.165) is 44.9 Å². The molecular weight excluding hydrogens is 1130 g/mol. The van der Waals surface area contributed by atoms with Crippen molar-refractivity contribution in [2.24, 2.45) is 0 Å². The number of carboxylic acid groups (broad SMARTS) is 1. The summed E-state index contributed by atoms with van der Waals surface area (Å²) in [5.74, 6) is -2.25. The summed E-state index contributed by atoms with van der Waals surface area (Å²) in [4.78, 5) is 37.6. The van der Waals surface area contributed by atoms with Crippen LogP contribution in [0.4, 0.5) is 0 Å². The van der Waals surface area contributed by atoms with Gasteiger partial charge in [-0.05, 0) is 44.9 Å². The van der Waals surface area contributed by atoms with E-state index in [1.807, 2.05) is 21.1 Å². The van der Waals surface area contributed by atoms with E-state index < -0.39 is 24.3 Å². The molecule has 0 aromatic heterocycles. The number of rotatable bonds is 77. The Bertz CT molecular complexity index is 1540.